The third-order valence-electron chi connectivity index (χ3n) is 10.8. The Labute approximate surface area is 394 Å². The molecule has 4 heteroatoms. The summed E-state index contributed by atoms with van der Waals surface area (Å²) in [4.78, 5) is 8.99. The van der Waals surface area contributed by atoms with Gasteiger partial charge in [-0.05, 0) is 105 Å². The minimum Gasteiger partial charge on any atom is -0.500 e. The molecule has 3 nitrogen and oxygen atoms in total. The van der Waals surface area contributed by atoms with Crippen LogP contribution in [0.2, 0.25) is 0 Å². The van der Waals surface area contributed by atoms with Gasteiger partial charge in [0.25, 0.3) is 0 Å². The minimum absolute atomic E-state index is 0. The maximum absolute atomic E-state index is 8.52. The van der Waals surface area contributed by atoms with Crippen molar-refractivity contribution in [2.24, 2.45) is 0 Å². The molecule has 10 aromatic rings. The summed E-state index contributed by atoms with van der Waals surface area (Å²) in [7, 11) is 0. The van der Waals surface area contributed by atoms with Crippen LogP contribution in [0.3, 0.4) is 0 Å². The van der Waals surface area contributed by atoms with Crippen LogP contribution in [0.5, 0.6) is 0 Å². The summed E-state index contributed by atoms with van der Waals surface area (Å²) in [6.07, 6.45) is 3.08. The predicted molar refractivity (Wildman–Crippen MR) is 253 cm³/mol. The third kappa shape index (κ3) is 8.07. The fraction of sp³-hybridized carbons (Fsp3) is 0.158. The Kier molecular flexibility index (Phi) is 7.36. The summed E-state index contributed by atoms with van der Waals surface area (Å²) in [6, 6.07) is 44.4. The van der Waals surface area contributed by atoms with Crippen LogP contribution in [0.1, 0.15) is 74.7 Å². The monoisotopic (exact) mass is 984 g/mol. The summed E-state index contributed by atoms with van der Waals surface area (Å²) in [5.41, 5.74) is 4.72. The molecule has 0 saturated carbocycles. The number of benzene rings is 7. The molecule has 303 valence electrons. The zero-order chi connectivity index (χ0) is 54.2. The SMILES string of the molecule is [2H]C([2H])([2H])c1c[c-]c(-c2ccc(C(C)(C)C)cn2)cc1.[2H]C([2H])([2H])c1ccc(-c2ccc(-c3cc(-c4[c-]ccc5c4oc4c5ccc5ccc6ccccc6c54)ncc3C([2H])([2H])[2H])c(C([2H])([2H])[2H])c2)c(C([2H])([2H])[2H])c1.[Ir]. The molecular formula is C57H48IrN2O-2. The molecule has 0 fully saturated rings. The smallest absolute Gasteiger partial charge is 0.129 e. The molecule has 0 saturated heterocycles. The standard InChI is InChI=1S/C41H30NO.C16H18N.Ir/c1-24-12-17-31(25(2)20-24)30-16-18-32(26(3)21-30)37-22-38(42-23-27(37)4)36-11-7-10-34-35-19-15-29-14-13-28-8-5-6-9-33(28)39(29)41(35)43-40(34)36;1-12-5-7-13(8-6-12)15-10-9-14(11-17-15)16(2,3)4;/h5-10,12-23H,1-4H3;5-7,9-11H,1-4H3;/q2*-1;/i1D3,2D3,3D3,4D3;1D3;. The van der Waals surface area contributed by atoms with Crippen LogP contribution in [-0.4, -0.2) is 9.97 Å². The van der Waals surface area contributed by atoms with Crippen LogP contribution in [0, 0.1) is 46.4 Å². The Morgan fingerprint density at radius 2 is 1.31 bits per heavy atom. The number of hydrogen-bond acceptors (Lipinski definition) is 3. The molecular weight excluding hydrogens is 921 g/mol. The van der Waals surface area contributed by atoms with E-state index in [2.05, 4.69) is 48.9 Å². The fourth-order valence-electron chi connectivity index (χ4n) is 7.62. The Hall–Kier alpha value is -6.19. The first-order valence-electron chi connectivity index (χ1n) is 27.0. The summed E-state index contributed by atoms with van der Waals surface area (Å²) in [6.45, 7) is -6.43. The molecule has 3 heterocycles. The zero-order valence-corrected chi connectivity index (χ0v) is 35.9. The largest absolute Gasteiger partial charge is 0.500 e. The molecule has 0 aliphatic rings. The van der Waals surface area contributed by atoms with E-state index in [1.165, 1.54) is 54.2 Å². The Morgan fingerprint density at radius 1 is 0.557 bits per heavy atom. The second kappa shape index (κ2) is 16.7. The molecule has 0 bridgehead atoms. The summed E-state index contributed by atoms with van der Waals surface area (Å²) >= 11 is 0. The number of aromatic nitrogens is 2. The number of pyridine rings is 2. The molecule has 61 heavy (non-hydrogen) atoms. The van der Waals surface area contributed by atoms with Crippen molar-refractivity contribution in [2.45, 2.75) is 60.4 Å². The molecule has 0 aliphatic heterocycles. The van der Waals surface area contributed by atoms with Crippen LogP contribution in [-0.2, 0) is 25.5 Å². The molecule has 0 N–H and O–H groups in total. The molecule has 0 atom stereocenters. The first-order chi connectivity index (χ1) is 35.0. The van der Waals surface area contributed by atoms with Gasteiger partial charge in [0.05, 0.1) is 5.58 Å². The van der Waals surface area contributed by atoms with Gasteiger partial charge in [-0.15, -0.1) is 53.6 Å². The average Bonchev–Trinajstić information content (AvgIpc) is 3.75. The van der Waals surface area contributed by atoms with Gasteiger partial charge < -0.3 is 14.4 Å². The molecule has 0 amide bonds. The van der Waals surface area contributed by atoms with Crippen LogP contribution in [0.4, 0.5) is 0 Å². The zero-order valence-electron chi connectivity index (χ0n) is 48.5. The van der Waals surface area contributed by atoms with Gasteiger partial charge in [0.15, 0.2) is 0 Å². The predicted octanol–water partition coefficient (Wildman–Crippen LogP) is 15.5. The quantitative estimate of drug-likeness (QED) is 0.130. The number of rotatable bonds is 4. The molecule has 0 aliphatic carbocycles. The van der Waals surface area contributed by atoms with Gasteiger partial charge in [-0.3, -0.25) is 0 Å². The van der Waals surface area contributed by atoms with Gasteiger partial charge in [-0.25, -0.2) is 0 Å². The van der Waals surface area contributed by atoms with Crippen molar-refractivity contribution in [1.29, 1.82) is 0 Å². The van der Waals surface area contributed by atoms with Crippen molar-refractivity contribution in [3.63, 3.8) is 0 Å². The summed E-state index contributed by atoms with van der Waals surface area (Å²) < 4.78 is 127. The molecule has 7 aromatic carbocycles. The normalized spacial score (nSPS) is 16.1. The maximum atomic E-state index is 8.52. The second-order valence-electron chi connectivity index (χ2n) is 15.8. The van der Waals surface area contributed by atoms with Gasteiger partial charge in [0.2, 0.25) is 0 Å². The second-order valence-corrected chi connectivity index (χ2v) is 15.8. The van der Waals surface area contributed by atoms with E-state index in [1.54, 1.807) is 18.2 Å². The van der Waals surface area contributed by atoms with Crippen LogP contribution in [0.15, 0.2) is 150 Å². The first-order valence-corrected chi connectivity index (χ1v) is 19.5. The van der Waals surface area contributed by atoms with Crippen molar-refractivity contribution in [3.8, 4) is 44.8 Å². The van der Waals surface area contributed by atoms with E-state index < -0.39 is 34.3 Å². The van der Waals surface area contributed by atoms with Gasteiger partial charge in [-0.2, -0.15) is 0 Å². The van der Waals surface area contributed by atoms with Crippen LogP contribution < -0.4 is 0 Å². The molecule has 0 spiro atoms. The number of furan rings is 1. The number of fused-ring (bicyclic) bond motifs is 7. The fourth-order valence-corrected chi connectivity index (χ4v) is 7.62. The topological polar surface area (TPSA) is 38.9 Å². The summed E-state index contributed by atoms with van der Waals surface area (Å²) in [5, 5.41) is 5.69. The van der Waals surface area contributed by atoms with Crippen molar-refractivity contribution < 1.29 is 45.1 Å². The molecule has 0 unspecified atom stereocenters. The number of nitrogens with zero attached hydrogens (tertiary/aromatic N) is 2. The maximum Gasteiger partial charge on any atom is 0.129 e. The van der Waals surface area contributed by atoms with E-state index in [1.807, 2.05) is 66.9 Å². The summed E-state index contributed by atoms with van der Waals surface area (Å²) in [5.74, 6) is 0. The van der Waals surface area contributed by atoms with Gasteiger partial charge in [0.1, 0.15) is 5.58 Å². The molecule has 1 radical (unpaired) electrons. The van der Waals surface area contributed by atoms with Gasteiger partial charge in [-0.1, -0.05) is 147 Å². The van der Waals surface area contributed by atoms with E-state index in [4.69, 9.17) is 25.0 Å². The molecule has 10 rings (SSSR count). The van der Waals surface area contributed by atoms with Crippen molar-refractivity contribution in [3.05, 3.63) is 191 Å². The van der Waals surface area contributed by atoms with Crippen molar-refractivity contribution in [1.82, 2.24) is 9.97 Å². The van der Waals surface area contributed by atoms with Crippen LogP contribution in [0.25, 0.3) is 88.3 Å². The van der Waals surface area contributed by atoms with Crippen molar-refractivity contribution >= 4 is 43.5 Å². The van der Waals surface area contributed by atoms with Crippen LogP contribution >= 0.6 is 0 Å². The third-order valence-corrected chi connectivity index (χ3v) is 10.8. The Morgan fingerprint density at radius 3 is 2.08 bits per heavy atom. The number of aryl methyl sites for hydroxylation is 5. The van der Waals surface area contributed by atoms with Gasteiger partial charge >= 0.3 is 0 Å². The van der Waals surface area contributed by atoms with E-state index in [0.29, 0.717) is 28.0 Å². The minimum atomic E-state index is -2.78. The number of hydrogen-bond donors (Lipinski definition) is 0. The Bertz CT molecular complexity index is 3730. The first kappa shape index (κ1) is 26.9. The van der Waals surface area contributed by atoms with E-state index >= 15 is 0 Å². The average molecular weight is 984 g/mol. The molecule has 3 aromatic heterocycles. The van der Waals surface area contributed by atoms with Crippen molar-refractivity contribution in [2.75, 3.05) is 0 Å². The van der Waals surface area contributed by atoms with Gasteiger partial charge in [0, 0.05) is 63.8 Å². The van der Waals surface area contributed by atoms with E-state index in [0.717, 1.165) is 49.6 Å². The Balaban J connectivity index is 0.000000307. The van der Waals surface area contributed by atoms with E-state index in [-0.39, 0.29) is 70.0 Å². The van der Waals surface area contributed by atoms with E-state index in [9.17, 15) is 0 Å².